The van der Waals surface area contributed by atoms with Crippen molar-refractivity contribution in [2.24, 2.45) is 5.92 Å². The van der Waals surface area contributed by atoms with Crippen molar-refractivity contribution in [3.05, 3.63) is 33.8 Å². The Morgan fingerprint density at radius 1 is 1.20 bits per heavy atom. The molecule has 1 aliphatic rings. The fourth-order valence-corrected chi connectivity index (χ4v) is 4.61. The smallest absolute Gasteiger partial charge is 0.150 e. The number of aliphatic hydroxyl groups is 1. The van der Waals surface area contributed by atoms with Gasteiger partial charge >= 0.3 is 0 Å². The SMILES string of the molecule is CS(=O)(=O)C1CCCC(C(O)c2cc(Cl)cc(Cl)c2)C1. The van der Waals surface area contributed by atoms with Crippen LogP contribution in [0.15, 0.2) is 18.2 Å². The van der Waals surface area contributed by atoms with Crippen molar-refractivity contribution in [1.29, 1.82) is 0 Å². The highest BCUT2D eigenvalue weighted by Crippen LogP contribution is 2.38. The zero-order chi connectivity index (χ0) is 14.9. The fourth-order valence-electron chi connectivity index (χ4n) is 2.87. The summed E-state index contributed by atoms with van der Waals surface area (Å²) in [5, 5.41) is 11.1. The monoisotopic (exact) mass is 336 g/mol. The lowest BCUT2D eigenvalue weighted by atomic mass is 9.82. The summed E-state index contributed by atoms with van der Waals surface area (Å²) in [6.07, 6.45) is 3.34. The Balaban J connectivity index is 2.18. The molecule has 0 aliphatic heterocycles. The van der Waals surface area contributed by atoms with E-state index in [1.807, 2.05) is 0 Å². The Morgan fingerprint density at radius 3 is 2.35 bits per heavy atom. The Kier molecular flexibility index (Phi) is 5.00. The van der Waals surface area contributed by atoms with Gasteiger partial charge in [0, 0.05) is 16.3 Å². The van der Waals surface area contributed by atoms with Crippen LogP contribution in [0, 0.1) is 5.92 Å². The molecule has 3 unspecified atom stereocenters. The van der Waals surface area contributed by atoms with Crippen LogP contribution >= 0.6 is 23.2 Å². The molecule has 0 saturated heterocycles. The largest absolute Gasteiger partial charge is 0.388 e. The van der Waals surface area contributed by atoms with E-state index in [1.54, 1.807) is 18.2 Å². The summed E-state index contributed by atoms with van der Waals surface area (Å²) in [7, 11) is -3.05. The molecule has 3 atom stereocenters. The van der Waals surface area contributed by atoms with Gasteiger partial charge in [-0.05, 0) is 48.9 Å². The molecule has 0 spiro atoms. The van der Waals surface area contributed by atoms with E-state index < -0.39 is 15.9 Å². The Labute approximate surface area is 129 Å². The van der Waals surface area contributed by atoms with Gasteiger partial charge in [0.2, 0.25) is 0 Å². The van der Waals surface area contributed by atoms with Crippen LogP contribution in [0.5, 0.6) is 0 Å². The van der Waals surface area contributed by atoms with Gasteiger partial charge in [-0.1, -0.05) is 29.6 Å². The van der Waals surface area contributed by atoms with Crippen LogP contribution in [-0.4, -0.2) is 25.0 Å². The van der Waals surface area contributed by atoms with Crippen molar-refractivity contribution in [3.63, 3.8) is 0 Å². The maximum Gasteiger partial charge on any atom is 0.150 e. The zero-order valence-corrected chi connectivity index (χ0v) is 13.5. The molecule has 112 valence electrons. The summed E-state index contributed by atoms with van der Waals surface area (Å²) in [5.74, 6) is -0.0713. The average molecular weight is 337 g/mol. The minimum atomic E-state index is -3.05. The van der Waals surface area contributed by atoms with Crippen LogP contribution < -0.4 is 0 Å². The molecule has 0 heterocycles. The molecule has 2 rings (SSSR count). The lowest BCUT2D eigenvalue weighted by Crippen LogP contribution is -2.30. The van der Waals surface area contributed by atoms with Crippen LogP contribution in [0.3, 0.4) is 0 Å². The Hall–Kier alpha value is -0.290. The van der Waals surface area contributed by atoms with Crippen molar-refractivity contribution in [1.82, 2.24) is 0 Å². The number of halogens is 2. The van der Waals surface area contributed by atoms with Crippen molar-refractivity contribution in [2.45, 2.75) is 37.0 Å². The number of rotatable bonds is 3. The Morgan fingerprint density at radius 2 is 1.80 bits per heavy atom. The van der Waals surface area contributed by atoms with Gasteiger partial charge in [-0.2, -0.15) is 0 Å². The van der Waals surface area contributed by atoms with Crippen LogP contribution in [0.25, 0.3) is 0 Å². The highest BCUT2D eigenvalue weighted by Gasteiger charge is 2.33. The second-order valence-electron chi connectivity index (χ2n) is 5.53. The maximum absolute atomic E-state index is 11.7. The summed E-state index contributed by atoms with van der Waals surface area (Å²) in [5.41, 5.74) is 0.654. The van der Waals surface area contributed by atoms with Gasteiger partial charge in [-0.3, -0.25) is 0 Å². The number of benzene rings is 1. The van der Waals surface area contributed by atoms with Gasteiger partial charge < -0.3 is 5.11 Å². The zero-order valence-electron chi connectivity index (χ0n) is 11.2. The third-order valence-electron chi connectivity index (χ3n) is 3.95. The minimum absolute atomic E-state index is 0.0713. The lowest BCUT2D eigenvalue weighted by Gasteiger charge is -2.31. The number of aliphatic hydroxyl groups excluding tert-OH is 1. The molecule has 3 nitrogen and oxygen atoms in total. The van der Waals surface area contributed by atoms with E-state index in [0.717, 1.165) is 12.8 Å². The van der Waals surface area contributed by atoms with Gasteiger partial charge in [0.1, 0.15) is 9.84 Å². The van der Waals surface area contributed by atoms with Crippen LogP contribution in [0.4, 0.5) is 0 Å². The molecule has 0 bridgehead atoms. The van der Waals surface area contributed by atoms with E-state index in [0.29, 0.717) is 28.5 Å². The van der Waals surface area contributed by atoms with E-state index in [-0.39, 0.29) is 11.2 Å². The minimum Gasteiger partial charge on any atom is -0.388 e. The van der Waals surface area contributed by atoms with E-state index >= 15 is 0 Å². The molecule has 0 aromatic heterocycles. The van der Waals surface area contributed by atoms with Gasteiger partial charge in [0.05, 0.1) is 11.4 Å². The van der Waals surface area contributed by atoms with Crippen LogP contribution in [0.2, 0.25) is 10.0 Å². The third kappa shape index (κ3) is 3.88. The van der Waals surface area contributed by atoms with Gasteiger partial charge in [-0.25, -0.2) is 8.42 Å². The fraction of sp³-hybridized carbons (Fsp3) is 0.571. The van der Waals surface area contributed by atoms with E-state index in [9.17, 15) is 13.5 Å². The summed E-state index contributed by atoms with van der Waals surface area (Å²) in [6.45, 7) is 0. The molecular weight excluding hydrogens is 319 g/mol. The first-order valence-corrected chi connectivity index (χ1v) is 9.31. The summed E-state index contributed by atoms with van der Waals surface area (Å²) in [6, 6.07) is 4.98. The first-order valence-electron chi connectivity index (χ1n) is 6.60. The van der Waals surface area contributed by atoms with Crippen molar-refractivity contribution >= 4 is 33.0 Å². The highest BCUT2D eigenvalue weighted by molar-refractivity contribution is 7.91. The van der Waals surface area contributed by atoms with Crippen molar-refractivity contribution in [3.8, 4) is 0 Å². The Bertz CT molecular complexity index is 566. The van der Waals surface area contributed by atoms with E-state index in [1.165, 1.54) is 6.26 Å². The van der Waals surface area contributed by atoms with E-state index in [2.05, 4.69) is 0 Å². The lowest BCUT2D eigenvalue weighted by molar-refractivity contribution is 0.0857. The van der Waals surface area contributed by atoms with Crippen molar-refractivity contribution < 1.29 is 13.5 Å². The van der Waals surface area contributed by atoms with Crippen molar-refractivity contribution in [2.75, 3.05) is 6.26 Å². The number of sulfone groups is 1. The predicted octanol–water partition coefficient (Wildman–Crippen LogP) is 3.63. The first-order chi connectivity index (χ1) is 9.27. The number of hydrogen-bond acceptors (Lipinski definition) is 3. The predicted molar refractivity (Wildman–Crippen MR) is 82.0 cm³/mol. The molecule has 0 amide bonds. The van der Waals surface area contributed by atoms with Gasteiger partial charge in [0.15, 0.2) is 0 Å². The normalized spacial score (nSPS) is 25.4. The molecule has 1 saturated carbocycles. The third-order valence-corrected chi connectivity index (χ3v) is 6.02. The topological polar surface area (TPSA) is 54.4 Å². The molecule has 1 aliphatic carbocycles. The molecule has 1 aromatic rings. The maximum atomic E-state index is 11.7. The molecule has 1 aromatic carbocycles. The summed E-state index contributed by atoms with van der Waals surface area (Å²) in [4.78, 5) is 0. The summed E-state index contributed by atoms with van der Waals surface area (Å²) < 4.78 is 23.4. The molecule has 1 fully saturated rings. The van der Waals surface area contributed by atoms with Crippen LogP contribution in [0.1, 0.15) is 37.4 Å². The standard InChI is InChI=1S/C14H18Cl2O3S/c1-20(18,19)13-4-2-3-9(7-13)14(17)10-5-11(15)8-12(16)6-10/h5-6,8-9,13-14,17H,2-4,7H2,1H3. The van der Waals surface area contributed by atoms with Gasteiger partial charge in [0.25, 0.3) is 0 Å². The second-order valence-corrected chi connectivity index (χ2v) is 8.72. The average Bonchev–Trinajstić information content (AvgIpc) is 2.36. The first kappa shape index (κ1) is 16.1. The molecule has 6 heteroatoms. The summed E-state index contributed by atoms with van der Waals surface area (Å²) >= 11 is 11.9. The van der Waals surface area contributed by atoms with E-state index in [4.69, 9.17) is 23.2 Å². The molecule has 1 N–H and O–H groups in total. The van der Waals surface area contributed by atoms with Gasteiger partial charge in [-0.15, -0.1) is 0 Å². The molecule has 0 radical (unpaired) electrons. The van der Waals surface area contributed by atoms with Crippen LogP contribution in [-0.2, 0) is 9.84 Å². The molecular formula is C14H18Cl2O3S. The second kappa shape index (κ2) is 6.22. The highest BCUT2D eigenvalue weighted by atomic mass is 35.5. The molecule has 20 heavy (non-hydrogen) atoms. The quantitative estimate of drug-likeness (QED) is 0.916. The number of hydrogen-bond donors (Lipinski definition) is 1.